The maximum Gasteiger partial charge on any atom is 0.218 e. The number of guanidine groups is 1. The Morgan fingerprint density at radius 3 is 2.61 bits per heavy atom. The standard InChI is InChI=1S/C13H22N4O/c1-4-14-13(15-5-2)17-10-11-8-7-9-16-12(11)18-6-3/h7-9H,4-6,10H2,1-3H3,(H2,14,15,17). The van der Waals surface area contributed by atoms with Gasteiger partial charge in [-0.25, -0.2) is 9.98 Å². The van der Waals surface area contributed by atoms with E-state index in [-0.39, 0.29) is 0 Å². The molecule has 0 fully saturated rings. The summed E-state index contributed by atoms with van der Waals surface area (Å²) in [5.74, 6) is 1.47. The third kappa shape index (κ3) is 4.61. The molecule has 0 radical (unpaired) electrons. The van der Waals surface area contributed by atoms with Crippen LogP contribution in [0.25, 0.3) is 0 Å². The molecular weight excluding hydrogens is 228 g/mol. The summed E-state index contributed by atoms with van der Waals surface area (Å²) in [6.45, 7) is 8.89. The second kappa shape index (κ2) is 8.33. The molecule has 1 heterocycles. The molecule has 1 aromatic heterocycles. The summed E-state index contributed by atoms with van der Waals surface area (Å²) in [5.41, 5.74) is 0.993. The molecule has 5 nitrogen and oxygen atoms in total. The van der Waals surface area contributed by atoms with Crippen LogP contribution in [-0.4, -0.2) is 30.6 Å². The van der Waals surface area contributed by atoms with Crippen LogP contribution >= 0.6 is 0 Å². The van der Waals surface area contributed by atoms with Crippen LogP contribution in [0.4, 0.5) is 0 Å². The van der Waals surface area contributed by atoms with E-state index in [2.05, 4.69) is 20.6 Å². The van der Waals surface area contributed by atoms with Crippen LogP contribution in [0.5, 0.6) is 5.88 Å². The van der Waals surface area contributed by atoms with Gasteiger partial charge in [0, 0.05) is 24.8 Å². The van der Waals surface area contributed by atoms with Gasteiger partial charge in [0.1, 0.15) is 0 Å². The van der Waals surface area contributed by atoms with Gasteiger partial charge in [-0.1, -0.05) is 6.07 Å². The summed E-state index contributed by atoms with van der Waals surface area (Å²) >= 11 is 0. The molecule has 0 aliphatic heterocycles. The Labute approximate surface area is 109 Å². The average Bonchev–Trinajstić information content (AvgIpc) is 2.38. The van der Waals surface area contributed by atoms with Gasteiger partial charge >= 0.3 is 0 Å². The normalized spacial score (nSPS) is 9.72. The first kappa shape index (κ1) is 14.3. The van der Waals surface area contributed by atoms with E-state index in [4.69, 9.17) is 4.74 Å². The Hall–Kier alpha value is -1.78. The van der Waals surface area contributed by atoms with Crippen LogP contribution in [-0.2, 0) is 6.54 Å². The number of pyridine rings is 1. The van der Waals surface area contributed by atoms with Crippen LogP contribution < -0.4 is 15.4 Å². The van der Waals surface area contributed by atoms with E-state index in [1.54, 1.807) is 6.20 Å². The smallest absolute Gasteiger partial charge is 0.218 e. The molecule has 0 aliphatic rings. The molecule has 18 heavy (non-hydrogen) atoms. The van der Waals surface area contributed by atoms with E-state index in [0.29, 0.717) is 19.0 Å². The van der Waals surface area contributed by atoms with Crippen molar-refractivity contribution in [3.63, 3.8) is 0 Å². The van der Waals surface area contributed by atoms with Crippen molar-refractivity contribution in [3.8, 4) is 5.88 Å². The molecule has 0 spiro atoms. The third-order valence-electron chi connectivity index (χ3n) is 2.23. The molecule has 0 bridgehead atoms. The zero-order chi connectivity index (χ0) is 13.2. The number of ether oxygens (including phenoxy) is 1. The number of hydrogen-bond acceptors (Lipinski definition) is 3. The maximum absolute atomic E-state index is 5.47. The minimum absolute atomic E-state index is 0.554. The monoisotopic (exact) mass is 250 g/mol. The number of nitrogens with zero attached hydrogens (tertiary/aromatic N) is 2. The SMILES string of the molecule is CCNC(=NCc1cccnc1OCC)NCC. The Morgan fingerprint density at radius 1 is 1.28 bits per heavy atom. The zero-order valence-corrected chi connectivity index (χ0v) is 11.4. The number of aromatic nitrogens is 1. The third-order valence-corrected chi connectivity index (χ3v) is 2.23. The molecule has 100 valence electrons. The Balaban J connectivity index is 2.73. The number of hydrogen-bond donors (Lipinski definition) is 2. The highest BCUT2D eigenvalue weighted by Gasteiger charge is 2.03. The summed E-state index contributed by atoms with van der Waals surface area (Å²) in [6.07, 6.45) is 1.73. The van der Waals surface area contributed by atoms with Crippen LogP contribution in [0.1, 0.15) is 26.3 Å². The molecule has 0 aliphatic carbocycles. The van der Waals surface area contributed by atoms with Crippen molar-refractivity contribution in [2.24, 2.45) is 4.99 Å². The Bertz CT molecular complexity index is 371. The van der Waals surface area contributed by atoms with Crippen molar-refractivity contribution < 1.29 is 4.74 Å². The quantitative estimate of drug-likeness (QED) is 0.594. The summed E-state index contributed by atoms with van der Waals surface area (Å²) < 4.78 is 5.47. The zero-order valence-electron chi connectivity index (χ0n) is 11.4. The first-order valence-corrected chi connectivity index (χ1v) is 6.40. The molecule has 1 rings (SSSR count). The second-order valence-electron chi connectivity index (χ2n) is 3.63. The number of rotatable bonds is 6. The van der Waals surface area contributed by atoms with Gasteiger partial charge in [-0.05, 0) is 26.8 Å². The lowest BCUT2D eigenvalue weighted by molar-refractivity contribution is 0.323. The highest BCUT2D eigenvalue weighted by atomic mass is 16.5. The molecule has 0 amide bonds. The van der Waals surface area contributed by atoms with Gasteiger partial charge in [0.05, 0.1) is 13.2 Å². The van der Waals surface area contributed by atoms with Gasteiger partial charge in [0.25, 0.3) is 0 Å². The summed E-state index contributed by atoms with van der Waals surface area (Å²) in [7, 11) is 0. The molecule has 5 heteroatoms. The molecule has 2 N–H and O–H groups in total. The summed E-state index contributed by atoms with van der Waals surface area (Å²) in [5, 5.41) is 6.37. The topological polar surface area (TPSA) is 58.5 Å². The minimum atomic E-state index is 0.554. The first-order chi connectivity index (χ1) is 8.81. The highest BCUT2D eigenvalue weighted by molar-refractivity contribution is 5.79. The lowest BCUT2D eigenvalue weighted by atomic mass is 10.3. The van der Waals surface area contributed by atoms with Crippen molar-refractivity contribution in [1.82, 2.24) is 15.6 Å². The Morgan fingerprint density at radius 2 is 2.00 bits per heavy atom. The number of aliphatic imine (C=N–C) groups is 1. The van der Waals surface area contributed by atoms with Crippen molar-refractivity contribution in [1.29, 1.82) is 0 Å². The van der Waals surface area contributed by atoms with Gasteiger partial charge in [0.2, 0.25) is 5.88 Å². The average molecular weight is 250 g/mol. The lowest BCUT2D eigenvalue weighted by Crippen LogP contribution is -2.36. The number of nitrogens with one attached hydrogen (secondary N) is 2. The van der Waals surface area contributed by atoms with Gasteiger partial charge in [0.15, 0.2) is 5.96 Å². The van der Waals surface area contributed by atoms with E-state index in [1.165, 1.54) is 0 Å². The van der Waals surface area contributed by atoms with E-state index < -0.39 is 0 Å². The summed E-state index contributed by atoms with van der Waals surface area (Å²) in [6, 6.07) is 3.88. The predicted octanol–water partition coefficient (Wildman–Crippen LogP) is 1.56. The molecule has 1 aromatic rings. The molecule has 0 aromatic carbocycles. The Kier molecular flexibility index (Phi) is 6.61. The van der Waals surface area contributed by atoms with Crippen molar-refractivity contribution in [2.45, 2.75) is 27.3 Å². The van der Waals surface area contributed by atoms with Crippen LogP contribution in [0, 0.1) is 0 Å². The van der Waals surface area contributed by atoms with E-state index in [0.717, 1.165) is 24.6 Å². The van der Waals surface area contributed by atoms with E-state index in [1.807, 2.05) is 32.9 Å². The predicted molar refractivity (Wildman–Crippen MR) is 73.9 cm³/mol. The second-order valence-corrected chi connectivity index (χ2v) is 3.63. The van der Waals surface area contributed by atoms with Crippen LogP contribution in [0.15, 0.2) is 23.3 Å². The maximum atomic E-state index is 5.47. The summed E-state index contributed by atoms with van der Waals surface area (Å²) in [4.78, 5) is 8.70. The highest BCUT2D eigenvalue weighted by Crippen LogP contribution is 2.14. The largest absolute Gasteiger partial charge is 0.478 e. The first-order valence-electron chi connectivity index (χ1n) is 6.40. The van der Waals surface area contributed by atoms with E-state index in [9.17, 15) is 0 Å². The van der Waals surface area contributed by atoms with Crippen LogP contribution in [0.3, 0.4) is 0 Å². The molecule has 0 atom stereocenters. The fraction of sp³-hybridized carbons (Fsp3) is 0.538. The van der Waals surface area contributed by atoms with Crippen molar-refractivity contribution in [3.05, 3.63) is 23.9 Å². The fourth-order valence-corrected chi connectivity index (χ4v) is 1.48. The molecule has 0 saturated carbocycles. The fourth-order valence-electron chi connectivity index (χ4n) is 1.48. The lowest BCUT2D eigenvalue weighted by Gasteiger charge is -2.10. The van der Waals surface area contributed by atoms with Crippen molar-refractivity contribution >= 4 is 5.96 Å². The minimum Gasteiger partial charge on any atom is -0.478 e. The van der Waals surface area contributed by atoms with Crippen LogP contribution in [0.2, 0.25) is 0 Å². The van der Waals surface area contributed by atoms with Gasteiger partial charge in [-0.2, -0.15) is 0 Å². The van der Waals surface area contributed by atoms with Crippen molar-refractivity contribution in [2.75, 3.05) is 19.7 Å². The molecule has 0 saturated heterocycles. The van der Waals surface area contributed by atoms with E-state index >= 15 is 0 Å². The van der Waals surface area contributed by atoms with Gasteiger partial charge < -0.3 is 15.4 Å². The molecular formula is C13H22N4O. The molecule has 0 unspecified atom stereocenters. The van der Waals surface area contributed by atoms with Gasteiger partial charge in [-0.3, -0.25) is 0 Å². The van der Waals surface area contributed by atoms with Gasteiger partial charge in [-0.15, -0.1) is 0 Å².